The predicted octanol–water partition coefficient (Wildman–Crippen LogP) is 1.72. The van der Waals surface area contributed by atoms with Gasteiger partial charge in [-0.3, -0.25) is 5.32 Å². The van der Waals surface area contributed by atoms with E-state index in [1.807, 2.05) is 11.8 Å². The Morgan fingerprint density at radius 3 is 2.43 bits per heavy atom. The van der Waals surface area contributed by atoms with Crippen molar-refractivity contribution in [2.45, 2.75) is 2.69 Å². The van der Waals surface area contributed by atoms with Crippen molar-refractivity contribution in [3.8, 4) is 0 Å². The van der Waals surface area contributed by atoms with E-state index in [1.54, 1.807) is 0 Å². The molecule has 0 saturated carbocycles. The molecular weight excluding hydrogens is 242 g/mol. The van der Waals surface area contributed by atoms with Crippen molar-refractivity contribution >= 4 is 43.6 Å². The fourth-order valence-electron chi connectivity index (χ4n) is 0.427. The van der Waals surface area contributed by atoms with Crippen LogP contribution in [-0.4, -0.2) is 15.0 Å². The van der Waals surface area contributed by atoms with Crippen LogP contribution < -0.4 is 5.32 Å². The first-order valence-corrected chi connectivity index (χ1v) is 4.55. The third-order valence-corrected chi connectivity index (χ3v) is 3.57. The van der Waals surface area contributed by atoms with Crippen LogP contribution in [0.25, 0.3) is 0 Å². The molecule has 42 valence electrons. The lowest BCUT2D eigenvalue weighted by molar-refractivity contribution is 0.838. The van der Waals surface area contributed by atoms with Gasteiger partial charge in [-0.05, 0) is 31.9 Å². The predicted molar refractivity (Wildman–Crippen MR) is 41.0 cm³/mol. The smallest absolute Gasteiger partial charge is 0.177 e. The standard InChI is InChI=1S/C3H5Br2NS/c4-3(5)6-1-2-7-3/h6H,1-2H2. The van der Waals surface area contributed by atoms with Crippen molar-refractivity contribution in [1.82, 2.24) is 5.32 Å². The van der Waals surface area contributed by atoms with E-state index in [4.69, 9.17) is 0 Å². The SMILES string of the molecule is BrC1(Br)NCCS1. The van der Waals surface area contributed by atoms with Gasteiger partial charge in [0.2, 0.25) is 0 Å². The Labute approximate surface area is 63.9 Å². The fraction of sp³-hybridized carbons (Fsp3) is 1.00. The molecule has 0 aliphatic carbocycles. The fourth-order valence-corrected chi connectivity index (χ4v) is 2.46. The molecule has 1 aliphatic heterocycles. The summed E-state index contributed by atoms with van der Waals surface area (Å²) in [5.41, 5.74) is 0. The molecule has 0 bridgehead atoms. The summed E-state index contributed by atoms with van der Waals surface area (Å²) in [4.78, 5) is 0. The van der Waals surface area contributed by atoms with Gasteiger partial charge in [0, 0.05) is 12.3 Å². The van der Waals surface area contributed by atoms with Crippen LogP contribution in [0.1, 0.15) is 0 Å². The van der Waals surface area contributed by atoms with Gasteiger partial charge in [-0.2, -0.15) is 0 Å². The van der Waals surface area contributed by atoms with E-state index in [2.05, 4.69) is 37.2 Å². The zero-order chi connectivity index (χ0) is 5.33. The molecule has 1 N–H and O–H groups in total. The van der Waals surface area contributed by atoms with Crippen LogP contribution in [0.4, 0.5) is 0 Å². The van der Waals surface area contributed by atoms with Crippen molar-refractivity contribution in [2.75, 3.05) is 12.3 Å². The molecule has 0 atom stereocenters. The van der Waals surface area contributed by atoms with Crippen LogP contribution in [0, 0.1) is 0 Å². The third-order valence-electron chi connectivity index (χ3n) is 0.716. The Morgan fingerprint density at radius 1 is 1.57 bits per heavy atom. The second-order valence-electron chi connectivity index (χ2n) is 1.29. The summed E-state index contributed by atoms with van der Waals surface area (Å²) < 4.78 is -0.0139. The average Bonchev–Trinajstić information content (AvgIpc) is 1.84. The number of nitrogens with one attached hydrogen (secondary N) is 1. The molecule has 0 radical (unpaired) electrons. The van der Waals surface area contributed by atoms with E-state index in [0.717, 1.165) is 6.54 Å². The minimum atomic E-state index is -0.0139. The van der Waals surface area contributed by atoms with Crippen LogP contribution in [-0.2, 0) is 0 Å². The summed E-state index contributed by atoms with van der Waals surface area (Å²) in [7, 11) is 0. The van der Waals surface area contributed by atoms with Crippen LogP contribution in [0.2, 0.25) is 0 Å². The monoisotopic (exact) mass is 245 g/mol. The van der Waals surface area contributed by atoms with E-state index in [9.17, 15) is 0 Å². The number of halogens is 2. The number of hydrogen-bond donors (Lipinski definition) is 1. The second kappa shape index (κ2) is 2.25. The minimum Gasteiger partial charge on any atom is -0.284 e. The zero-order valence-corrected chi connectivity index (χ0v) is 7.57. The minimum absolute atomic E-state index is 0.0139. The molecule has 1 heterocycles. The summed E-state index contributed by atoms with van der Waals surface area (Å²) >= 11 is 8.64. The first kappa shape index (κ1) is 6.39. The molecule has 0 aromatic rings. The maximum atomic E-state index is 3.41. The first-order valence-electron chi connectivity index (χ1n) is 1.97. The second-order valence-corrected chi connectivity index (χ2v) is 7.09. The molecule has 1 rings (SSSR count). The van der Waals surface area contributed by atoms with Crippen molar-refractivity contribution in [2.24, 2.45) is 0 Å². The molecule has 0 aromatic carbocycles. The Morgan fingerprint density at radius 2 is 2.29 bits per heavy atom. The van der Waals surface area contributed by atoms with Gasteiger partial charge in [0.25, 0.3) is 0 Å². The van der Waals surface area contributed by atoms with Crippen molar-refractivity contribution in [3.63, 3.8) is 0 Å². The van der Waals surface area contributed by atoms with Gasteiger partial charge >= 0.3 is 0 Å². The van der Waals surface area contributed by atoms with Crippen LogP contribution in [0.15, 0.2) is 0 Å². The lowest BCUT2D eigenvalue weighted by Crippen LogP contribution is -2.22. The molecule has 1 aliphatic rings. The maximum absolute atomic E-state index is 3.41. The highest BCUT2D eigenvalue weighted by Crippen LogP contribution is 2.38. The lowest BCUT2D eigenvalue weighted by atomic mass is 10.8. The van der Waals surface area contributed by atoms with Gasteiger partial charge < -0.3 is 0 Å². The van der Waals surface area contributed by atoms with Crippen molar-refractivity contribution in [3.05, 3.63) is 0 Å². The normalized spacial score (nSPS) is 28.3. The molecule has 1 saturated heterocycles. The Balaban J connectivity index is 2.40. The number of thioether (sulfide) groups is 1. The molecule has 7 heavy (non-hydrogen) atoms. The van der Waals surface area contributed by atoms with E-state index >= 15 is 0 Å². The van der Waals surface area contributed by atoms with E-state index in [1.165, 1.54) is 5.75 Å². The largest absolute Gasteiger partial charge is 0.284 e. The molecule has 1 fully saturated rings. The molecule has 0 unspecified atom stereocenters. The Hall–Kier alpha value is 1.27. The van der Waals surface area contributed by atoms with E-state index in [-0.39, 0.29) is 2.69 Å². The summed E-state index contributed by atoms with van der Waals surface area (Å²) in [5.74, 6) is 1.18. The van der Waals surface area contributed by atoms with Gasteiger partial charge in [-0.15, -0.1) is 11.8 Å². The maximum Gasteiger partial charge on any atom is 0.177 e. The van der Waals surface area contributed by atoms with Crippen molar-refractivity contribution in [1.29, 1.82) is 0 Å². The number of hydrogen-bond acceptors (Lipinski definition) is 2. The topological polar surface area (TPSA) is 12.0 Å². The average molecular weight is 247 g/mol. The molecule has 0 aromatic heterocycles. The molecule has 0 spiro atoms. The molecule has 1 nitrogen and oxygen atoms in total. The summed E-state index contributed by atoms with van der Waals surface area (Å²) in [6.45, 7) is 1.08. The highest BCUT2D eigenvalue weighted by Gasteiger charge is 2.26. The van der Waals surface area contributed by atoms with Gasteiger partial charge in [0.1, 0.15) is 0 Å². The van der Waals surface area contributed by atoms with Gasteiger partial charge in [0.15, 0.2) is 2.69 Å². The Bertz CT molecular complexity index is 67.3. The molecule has 0 amide bonds. The quantitative estimate of drug-likeness (QED) is 0.516. The van der Waals surface area contributed by atoms with E-state index in [0.29, 0.717) is 0 Å². The van der Waals surface area contributed by atoms with Crippen molar-refractivity contribution < 1.29 is 0 Å². The highest BCUT2D eigenvalue weighted by molar-refractivity contribution is 9.28. The molecule has 4 heteroatoms. The van der Waals surface area contributed by atoms with Gasteiger partial charge in [-0.1, -0.05) is 0 Å². The summed E-state index contributed by atoms with van der Waals surface area (Å²) in [6.07, 6.45) is 0. The van der Waals surface area contributed by atoms with Crippen LogP contribution in [0.3, 0.4) is 0 Å². The highest BCUT2D eigenvalue weighted by atomic mass is 79.9. The number of rotatable bonds is 0. The summed E-state index contributed by atoms with van der Waals surface area (Å²) in [6, 6.07) is 0. The van der Waals surface area contributed by atoms with E-state index < -0.39 is 0 Å². The zero-order valence-electron chi connectivity index (χ0n) is 3.58. The first-order chi connectivity index (χ1) is 3.21. The molecular formula is C3H5Br2NS. The third kappa shape index (κ3) is 1.91. The Kier molecular flexibility index (Phi) is 2.05. The number of alkyl halides is 2. The van der Waals surface area contributed by atoms with Crippen LogP contribution in [0.5, 0.6) is 0 Å². The van der Waals surface area contributed by atoms with Gasteiger partial charge in [-0.25, -0.2) is 0 Å². The van der Waals surface area contributed by atoms with Crippen LogP contribution >= 0.6 is 43.6 Å². The lowest BCUT2D eigenvalue weighted by Gasteiger charge is -2.09. The van der Waals surface area contributed by atoms with Gasteiger partial charge in [0.05, 0.1) is 0 Å². The summed E-state index contributed by atoms with van der Waals surface area (Å²) in [5, 5.41) is 3.19.